The Morgan fingerprint density at radius 3 is 2.11 bits per heavy atom. The molecule has 20 heteroatoms. The summed E-state index contributed by atoms with van der Waals surface area (Å²) in [5.41, 5.74) is -7.06. The van der Waals surface area contributed by atoms with Gasteiger partial charge in [-0.05, 0) is 0 Å². The van der Waals surface area contributed by atoms with Crippen LogP contribution >= 0.6 is 0 Å². The SMILES string of the molecule is CNC(=O)C(O)(N1Cc2c(OCc3c(O)c(CN4CCOCC4)c(O)c(O)c3F)c(O)c(O)c(O)c2C1=O)C(O)(O)C(O)(O)C=O. The molecule has 0 spiro atoms. The van der Waals surface area contributed by atoms with E-state index in [-0.39, 0.29) is 17.0 Å². The zero-order valence-corrected chi connectivity index (χ0v) is 23.8. The van der Waals surface area contributed by atoms with Gasteiger partial charge in [0, 0.05) is 32.2 Å². The van der Waals surface area contributed by atoms with Crippen LogP contribution < -0.4 is 10.1 Å². The highest BCUT2D eigenvalue weighted by Crippen LogP contribution is 2.53. The number of nitrogens with zero attached hydrogens (tertiary/aromatic N) is 2. The maximum Gasteiger partial charge on any atom is 0.285 e. The zero-order valence-electron chi connectivity index (χ0n) is 23.8. The topological polar surface area (TPSA) is 311 Å². The highest BCUT2D eigenvalue weighted by Gasteiger charge is 2.70. The Hall–Kier alpha value is -4.70. The van der Waals surface area contributed by atoms with Crippen molar-refractivity contribution in [1.82, 2.24) is 15.1 Å². The minimum absolute atomic E-state index is 0.183. The van der Waals surface area contributed by atoms with E-state index in [0.717, 1.165) is 7.05 Å². The Morgan fingerprint density at radius 1 is 0.935 bits per heavy atom. The number of benzene rings is 2. The molecule has 2 aliphatic heterocycles. The van der Waals surface area contributed by atoms with Gasteiger partial charge in [-0.15, -0.1) is 0 Å². The van der Waals surface area contributed by atoms with E-state index in [1.165, 1.54) is 0 Å². The van der Waals surface area contributed by atoms with Crippen molar-refractivity contribution in [2.24, 2.45) is 0 Å². The van der Waals surface area contributed by atoms with Crippen LogP contribution in [-0.2, 0) is 34.0 Å². The van der Waals surface area contributed by atoms with Crippen LogP contribution in [0.1, 0.15) is 27.0 Å². The molecular weight excluding hydrogens is 629 g/mol. The summed E-state index contributed by atoms with van der Waals surface area (Å²) >= 11 is 0. The maximum atomic E-state index is 15.1. The molecule has 19 nitrogen and oxygen atoms in total. The van der Waals surface area contributed by atoms with Gasteiger partial charge in [0.1, 0.15) is 12.4 Å². The fourth-order valence-electron chi connectivity index (χ4n) is 5.08. The van der Waals surface area contributed by atoms with E-state index in [9.17, 15) is 70.6 Å². The van der Waals surface area contributed by atoms with Gasteiger partial charge in [0.2, 0.25) is 11.5 Å². The molecule has 2 aliphatic rings. The van der Waals surface area contributed by atoms with Crippen molar-refractivity contribution < 1.29 is 84.4 Å². The van der Waals surface area contributed by atoms with Crippen LogP contribution in [0.4, 0.5) is 4.39 Å². The number of likely N-dealkylation sites (N-methyl/N-ethyl adjacent to an activating group) is 1. The highest BCUT2D eigenvalue weighted by molar-refractivity contribution is 6.06. The van der Waals surface area contributed by atoms with E-state index in [1.54, 1.807) is 10.2 Å². The smallest absolute Gasteiger partial charge is 0.285 e. The Labute approximate surface area is 256 Å². The molecule has 46 heavy (non-hydrogen) atoms. The number of hydrogen-bond donors (Lipinski definition) is 12. The number of nitrogens with one attached hydrogen (secondary N) is 1. The van der Waals surface area contributed by atoms with Crippen LogP contribution in [-0.4, -0.2) is 135 Å². The quantitative estimate of drug-likeness (QED) is 0.0508. The largest absolute Gasteiger partial charge is 0.507 e. The first kappa shape index (κ1) is 34.2. The summed E-state index contributed by atoms with van der Waals surface area (Å²) < 4.78 is 25.7. The third-order valence-corrected chi connectivity index (χ3v) is 7.75. The zero-order chi connectivity index (χ0) is 34.5. The molecule has 2 aromatic carbocycles. The maximum absolute atomic E-state index is 15.1. The number of aldehydes is 1. The van der Waals surface area contributed by atoms with Crippen LogP contribution in [0.15, 0.2) is 0 Å². The first-order valence-corrected chi connectivity index (χ1v) is 13.2. The fourth-order valence-corrected chi connectivity index (χ4v) is 5.08. The lowest BCUT2D eigenvalue weighted by atomic mass is 9.91. The molecule has 1 fully saturated rings. The molecule has 2 amide bonds. The highest BCUT2D eigenvalue weighted by atomic mass is 19.1. The second-order valence-electron chi connectivity index (χ2n) is 10.4. The minimum Gasteiger partial charge on any atom is -0.507 e. The molecule has 1 unspecified atom stereocenters. The molecular formula is C26H30FN3O16. The number of halogens is 1. The fraction of sp³-hybridized carbons (Fsp3) is 0.423. The lowest BCUT2D eigenvalue weighted by Gasteiger charge is -2.46. The van der Waals surface area contributed by atoms with E-state index in [1.807, 2.05) is 0 Å². The molecule has 0 bridgehead atoms. The molecule has 2 aromatic rings. The molecule has 1 saturated heterocycles. The monoisotopic (exact) mass is 659 g/mol. The molecule has 0 radical (unpaired) electrons. The van der Waals surface area contributed by atoms with Crippen molar-refractivity contribution in [3.05, 3.63) is 28.1 Å². The average Bonchev–Trinajstić information content (AvgIpc) is 3.38. The van der Waals surface area contributed by atoms with Crippen LogP contribution in [0.5, 0.6) is 40.2 Å². The van der Waals surface area contributed by atoms with E-state index >= 15 is 4.39 Å². The Balaban J connectivity index is 1.80. The second-order valence-corrected chi connectivity index (χ2v) is 10.4. The van der Waals surface area contributed by atoms with Crippen molar-refractivity contribution in [3.63, 3.8) is 0 Å². The Morgan fingerprint density at radius 2 is 1.54 bits per heavy atom. The molecule has 1 atom stereocenters. The number of amides is 2. The first-order chi connectivity index (χ1) is 21.4. The van der Waals surface area contributed by atoms with Crippen molar-refractivity contribution in [3.8, 4) is 40.2 Å². The third kappa shape index (κ3) is 5.01. The number of aliphatic hydroxyl groups is 5. The van der Waals surface area contributed by atoms with Gasteiger partial charge in [0.05, 0.1) is 36.4 Å². The van der Waals surface area contributed by atoms with Crippen LogP contribution in [0, 0.1) is 5.82 Å². The third-order valence-electron chi connectivity index (χ3n) is 7.75. The summed E-state index contributed by atoms with van der Waals surface area (Å²) in [6.45, 7) is -1.24. The summed E-state index contributed by atoms with van der Waals surface area (Å²) in [6.07, 6.45) is -0.889. The van der Waals surface area contributed by atoms with Crippen molar-refractivity contribution in [1.29, 1.82) is 0 Å². The van der Waals surface area contributed by atoms with Crippen molar-refractivity contribution in [2.75, 3.05) is 33.4 Å². The molecule has 4 rings (SSSR count). The summed E-state index contributed by atoms with van der Waals surface area (Å²) in [5, 5.41) is 116. The number of carbonyl (C=O) groups is 3. The van der Waals surface area contributed by atoms with Gasteiger partial charge in [-0.3, -0.25) is 24.2 Å². The predicted octanol–water partition coefficient (Wildman–Crippen LogP) is -3.58. The standard InChI is InChI=1S/C26H30FN3O16/c1-28-23(39)25(42,26(43,44)24(40,41)9-31)30-7-10-13(22(30)38)17(34)19(36)20(37)21(10)46-8-12-14(27)18(35)16(33)11(15(12)32)6-29-2-4-45-5-3-29/h9,32-37,40-44H,2-8H2,1H3,(H,28,39). The van der Waals surface area contributed by atoms with Crippen LogP contribution in [0.2, 0.25) is 0 Å². The van der Waals surface area contributed by atoms with Crippen LogP contribution in [0.3, 0.4) is 0 Å². The normalized spacial score (nSPS) is 17.0. The lowest BCUT2D eigenvalue weighted by molar-refractivity contribution is -0.398. The lowest BCUT2D eigenvalue weighted by Crippen LogP contribution is -2.78. The molecule has 0 saturated carbocycles. The number of carbonyl (C=O) groups excluding carboxylic acids is 3. The molecule has 12 N–H and O–H groups in total. The summed E-state index contributed by atoms with van der Waals surface area (Å²) in [6, 6.07) is 0. The van der Waals surface area contributed by atoms with Gasteiger partial charge in [0.25, 0.3) is 29.1 Å². The minimum atomic E-state index is -4.59. The van der Waals surface area contributed by atoms with Gasteiger partial charge in [-0.1, -0.05) is 0 Å². The number of phenolic OH excluding ortho intramolecular Hbond substituents is 6. The Kier molecular flexibility index (Phi) is 8.85. The number of ether oxygens (including phenoxy) is 2. The van der Waals surface area contributed by atoms with E-state index in [4.69, 9.17) is 9.47 Å². The van der Waals surface area contributed by atoms with Gasteiger partial charge >= 0.3 is 0 Å². The van der Waals surface area contributed by atoms with Gasteiger partial charge in [-0.2, -0.15) is 0 Å². The van der Waals surface area contributed by atoms with E-state index < -0.39 is 111 Å². The van der Waals surface area contributed by atoms with Crippen molar-refractivity contribution >= 4 is 18.1 Å². The number of aromatic hydroxyl groups is 6. The molecule has 2 heterocycles. The number of fused-ring (bicyclic) bond motifs is 1. The number of phenols is 6. The van der Waals surface area contributed by atoms with Gasteiger partial charge in [-0.25, -0.2) is 4.39 Å². The van der Waals surface area contributed by atoms with Crippen LogP contribution in [0.25, 0.3) is 0 Å². The second kappa shape index (κ2) is 11.9. The van der Waals surface area contributed by atoms with E-state index in [0.29, 0.717) is 26.3 Å². The summed E-state index contributed by atoms with van der Waals surface area (Å²) in [4.78, 5) is 38.8. The Bertz CT molecular complexity index is 1590. The van der Waals surface area contributed by atoms with Gasteiger partial charge < -0.3 is 71.0 Å². The first-order valence-electron chi connectivity index (χ1n) is 13.2. The predicted molar refractivity (Wildman–Crippen MR) is 143 cm³/mol. The number of rotatable bonds is 10. The number of hydrogen-bond acceptors (Lipinski definition) is 17. The van der Waals surface area contributed by atoms with Crippen molar-refractivity contribution in [2.45, 2.75) is 37.0 Å². The molecule has 252 valence electrons. The van der Waals surface area contributed by atoms with Gasteiger partial charge in [0.15, 0.2) is 35.1 Å². The molecule has 0 aliphatic carbocycles. The average molecular weight is 660 g/mol. The van der Waals surface area contributed by atoms with E-state index in [2.05, 4.69) is 0 Å². The summed E-state index contributed by atoms with van der Waals surface area (Å²) in [5.74, 6) is -22.4. The number of morpholine rings is 1. The molecule has 0 aromatic heterocycles. The summed E-state index contributed by atoms with van der Waals surface area (Å²) in [7, 11) is 0.805.